The molecule has 1 nitrogen and oxygen atoms in total. The molecule has 0 saturated heterocycles. The van der Waals surface area contributed by atoms with E-state index in [9.17, 15) is 5.11 Å². The topological polar surface area (TPSA) is 20.2 Å². The summed E-state index contributed by atoms with van der Waals surface area (Å²) >= 11 is 3.72. The van der Waals surface area contributed by atoms with Crippen LogP contribution in [0.15, 0.2) is 34.8 Å². The first-order valence-corrected chi connectivity index (χ1v) is 7.35. The highest BCUT2D eigenvalue weighted by atomic mass is 79.9. The zero-order valence-electron chi connectivity index (χ0n) is 10.5. The van der Waals surface area contributed by atoms with E-state index in [1.807, 2.05) is 6.07 Å². The van der Waals surface area contributed by atoms with E-state index in [1.54, 1.807) is 6.07 Å². The Bertz CT molecular complexity index is 556. The number of phenolic OH excluding ortho intramolecular Hbond substituents is 1. The van der Waals surface area contributed by atoms with Crippen LogP contribution in [0.5, 0.6) is 5.75 Å². The van der Waals surface area contributed by atoms with Crippen LogP contribution in [0.25, 0.3) is 5.57 Å². The Hall–Kier alpha value is -1.02. The SMILES string of the molecule is CCCC12CC=CC(Br)=C1c1ccc(O)cc1C2. The van der Waals surface area contributed by atoms with Crippen LogP contribution in [0.1, 0.15) is 37.3 Å². The third kappa shape index (κ3) is 1.66. The fourth-order valence-electron chi connectivity index (χ4n) is 3.53. The molecule has 0 aromatic heterocycles. The quantitative estimate of drug-likeness (QED) is 0.832. The minimum atomic E-state index is 0.248. The van der Waals surface area contributed by atoms with E-state index in [4.69, 9.17) is 0 Å². The highest BCUT2D eigenvalue weighted by Gasteiger charge is 2.42. The van der Waals surface area contributed by atoms with E-state index in [0.29, 0.717) is 5.75 Å². The predicted molar refractivity (Wildman–Crippen MR) is 78.8 cm³/mol. The number of rotatable bonds is 2. The number of phenols is 1. The number of hydrogen-bond donors (Lipinski definition) is 1. The summed E-state index contributed by atoms with van der Waals surface area (Å²) in [6.45, 7) is 2.25. The first-order chi connectivity index (χ1) is 8.66. The zero-order chi connectivity index (χ0) is 12.8. The number of fused-ring (bicyclic) bond motifs is 3. The minimum Gasteiger partial charge on any atom is -0.508 e. The van der Waals surface area contributed by atoms with Gasteiger partial charge in [-0.05, 0) is 48.1 Å². The summed E-state index contributed by atoms with van der Waals surface area (Å²) in [6.07, 6.45) is 9.01. The van der Waals surface area contributed by atoms with Gasteiger partial charge in [-0.1, -0.05) is 47.5 Å². The minimum absolute atomic E-state index is 0.248. The van der Waals surface area contributed by atoms with E-state index in [2.05, 4.69) is 41.1 Å². The molecule has 0 saturated carbocycles. The highest BCUT2D eigenvalue weighted by molar-refractivity contribution is 9.12. The second kappa shape index (κ2) is 4.27. The molecular weight excluding hydrogens is 288 g/mol. The van der Waals surface area contributed by atoms with Gasteiger partial charge in [-0.2, -0.15) is 0 Å². The lowest BCUT2D eigenvalue weighted by atomic mass is 9.72. The van der Waals surface area contributed by atoms with Gasteiger partial charge in [-0.25, -0.2) is 0 Å². The molecule has 0 radical (unpaired) electrons. The van der Waals surface area contributed by atoms with Crippen LogP contribution >= 0.6 is 15.9 Å². The van der Waals surface area contributed by atoms with Gasteiger partial charge in [0.1, 0.15) is 5.75 Å². The van der Waals surface area contributed by atoms with Crippen LogP contribution in [-0.2, 0) is 6.42 Å². The summed E-state index contributed by atoms with van der Waals surface area (Å²) in [5, 5.41) is 9.67. The summed E-state index contributed by atoms with van der Waals surface area (Å²) in [5.74, 6) is 0.378. The number of aromatic hydroxyl groups is 1. The molecule has 2 aliphatic carbocycles. The molecule has 1 aromatic rings. The standard InChI is InChI=1S/C16H17BrO/c1-2-7-16-8-3-4-14(17)15(16)13-6-5-12(18)9-11(13)10-16/h3-6,9,18H,2,7-8,10H2,1H3. The molecule has 3 rings (SSSR count). The first kappa shape index (κ1) is 12.0. The van der Waals surface area contributed by atoms with Crippen molar-refractivity contribution in [1.29, 1.82) is 0 Å². The second-order valence-corrected chi connectivity index (χ2v) is 6.23. The van der Waals surface area contributed by atoms with Gasteiger partial charge >= 0.3 is 0 Å². The van der Waals surface area contributed by atoms with Gasteiger partial charge in [-0.15, -0.1) is 0 Å². The molecule has 0 fully saturated rings. The van der Waals surface area contributed by atoms with Gasteiger partial charge in [0.05, 0.1) is 0 Å². The average Bonchev–Trinajstić information content (AvgIpc) is 2.63. The predicted octanol–water partition coefficient (Wildman–Crippen LogP) is 4.80. The van der Waals surface area contributed by atoms with Gasteiger partial charge in [0.15, 0.2) is 0 Å². The molecule has 1 aromatic carbocycles. The third-order valence-corrected chi connectivity index (χ3v) is 4.82. The lowest BCUT2D eigenvalue weighted by molar-refractivity contribution is 0.376. The lowest BCUT2D eigenvalue weighted by Crippen LogP contribution is -2.21. The molecule has 0 heterocycles. The van der Waals surface area contributed by atoms with Crippen molar-refractivity contribution >= 4 is 21.5 Å². The fraction of sp³-hybridized carbons (Fsp3) is 0.375. The monoisotopic (exact) mass is 304 g/mol. The molecule has 0 aliphatic heterocycles. The van der Waals surface area contributed by atoms with Crippen LogP contribution in [-0.4, -0.2) is 5.11 Å². The van der Waals surface area contributed by atoms with E-state index in [1.165, 1.54) is 34.0 Å². The van der Waals surface area contributed by atoms with Crippen LogP contribution in [0.4, 0.5) is 0 Å². The molecule has 0 bridgehead atoms. The number of benzene rings is 1. The Morgan fingerprint density at radius 3 is 3.00 bits per heavy atom. The van der Waals surface area contributed by atoms with Crippen molar-refractivity contribution in [2.24, 2.45) is 5.41 Å². The molecule has 94 valence electrons. The normalized spacial score (nSPS) is 25.2. The fourth-order valence-corrected chi connectivity index (χ4v) is 4.35. The van der Waals surface area contributed by atoms with Crippen molar-refractivity contribution < 1.29 is 5.11 Å². The number of halogens is 1. The zero-order valence-corrected chi connectivity index (χ0v) is 12.1. The number of hydrogen-bond acceptors (Lipinski definition) is 1. The summed E-state index contributed by atoms with van der Waals surface area (Å²) in [7, 11) is 0. The van der Waals surface area contributed by atoms with Gasteiger partial charge in [0.2, 0.25) is 0 Å². The Morgan fingerprint density at radius 2 is 2.22 bits per heavy atom. The molecular formula is C16H17BrO. The van der Waals surface area contributed by atoms with Crippen LogP contribution < -0.4 is 0 Å². The Morgan fingerprint density at radius 1 is 1.39 bits per heavy atom. The van der Waals surface area contributed by atoms with Crippen LogP contribution in [0, 0.1) is 5.41 Å². The average molecular weight is 305 g/mol. The second-order valence-electron chi connectivity index (χ2n) is 5.38. The molecule has 2 heteroatoms. The molecule has 2 aliphatic rings. The summed E-state index contributed by atoms with van der Waals surface area (Å²) in [6, 6.07) is 5.79. The Labute approximate surface area is 116 Å². The summed E-state index contributed by atoms with van der Waals surface area (Å²) in [4.78, 5) is 0. The maximum absolute atomic E-state index is 9.67. The number of allylic oxidation sites excluding steroid dienone is 4. The van der Waals surface area contributed by atoms with Gasteiger partial charge in [0.25, 0.3) is 0 Å². The van der Waals surface area contributed by atoms with E-state index >= 15 is 0 Å². The first-order valence-electron chi connectivity index (χ1n) is 6.55. The summed E-state index contributed by atoms with van der Waals surface area (Å²) in [5.41, 5.74) is 4.30. The summed E-state index contributed by atoms with van der Waals surface area (Å²) < 4.78 is 1.21. The maximum atomic E-state index is 9.67. The molecule has 0 spiro atoms. The van der Waals surface area contributed by atoms with E-state index in [0.717, 1.165) is 12.8 Å². The van der Waals surface area contributed by atoms with Crippen LogP contribution in [0.2, 0.25) is 0 Å². The van der Waals surface area contributed by atoms with Crippen molar-refractivity contribution in [3.63, 3.8) is 0 Å². The Kier molecular flexibility index (Phi) is 2.86. The Balaban J connectivity index is 2.19. The van der Waals surface area contributed by atoms with Gasteiger partial charge < -0.3 is 5.11 Å². The highest BCUT2D eigenvalue weighted by Crippen LogP contribution is 2.56. The van der Waals surface area contributed by atoms with Crippen molar-refractivity contribution in [1.82, 2.24) is 0 Å². The van der Waals surface area contributed by atoms with Crippen molar-refractivity contribution in [3.05, 3.63) is 46.0 Å². The van der Waals surface area contributed by atoms with Gasteiger partial charge in [0, 0.05) is 9.90 Å². The van der Waals surface area contributed by atoms with E-state index < -0.39 is 0 Å². The molecule has 1 unspecified atom stereocenters. The molecule has 18 heavy (non-hydrogen) atoms. The molecule has 1 atom stereocenters. The lowest BCUT2D eigenvalue weighted by Gasteiger charge is -2.33. The maximum Gasteiger partial charge on any atom is 0.115 e. The smallest absolute Gasteiger partial charge is 0.115 e. The van der Waals surface area contributed by atoms with Crippen molar-refractivity contribution in [3.8, 4) is 5.75 Å². The van der Waals surface area contributed by atoms with E-state index in [-0.39, 0.29) is 5.41 Å². The van der Waals surface area contributed by atoms with Crippen molar-refractivity contribution in [2.45, 2.75) is 32.6 Å². The van der Waals surface area contributed by atoms with Crippen molar-refractivity contribution in [2.75, 3.05) is 0 Å². The third-order valence-electron chi connectivity index (χ3n) is 4.16. The largest absolute Gasteiger partial charge is 0.508 e. The molecule has 1 N–H and O–H groups in total. The van der Waals surface area contributed by atoms with Crippen LogP contribution in [0.3, 0.4) is 0 Å². The molecule has 0 amide bonds. The van der Waals surface area contributed by atoms with Gasteiger partial charge in [-0.3, -0.25) is 0 Å².